The van der Waals surface area contributed by atoms with Gasteiger partial charge in [0, 0.05) is 57.3 Å². The molecule has 2 unspecified atom stereocenters. The molecular weight excluding hydrogens is 1040 g/mol. The van der Waals surface area contributed by atoms with Crippen molar-refractivity contribution in [3.63, 3.8) is 0 Å². The monoisotopic (exact) mass is 1130 g/mol. The van der Waals surface area contributed by atoms with Crippen LogP contribution in [0.1, 0.15) is 137 Å². The molecule has 16 fully saturated rings. The minimum absolute atomic E-state index is 0.00631. The maximum absolute atomic E-state index is 14.6. The number of carbonyl (C=O) groups excluding carboxylic acids is 1. The Bertz CT molecular complexity index is 2460. The summed E-state index contributed by atoms with van der Waals surface area (Å²) in [5, 5.41) is 44.2. The minimum Gasteiger partial charge on any atom is -0.481 e. The van der Waals surface area contributed by atoms with Crippen LogP contribution < -0.4 is 0 Å². The lowest BCUT2D eigenvalue weighted by molar-refractivity contribution is -0.371. The van der Waals surface area contributed by atoms with Gasteiger partial charge in [-0.1, -0.05) is 40.9 Å². The average Bonchev–Trinajstić information content (AvgIpc) is 4.32. The quantitative estimate of drug-likeness (QED) is 0.226. The maximum Gasteiger partial charge on any atom is 0.308 e. The zero-order valence-corrected chi connectivity index (χ0v) is 46.3. The number of carbonyl (C=O) groups is 2. The van der Waals surface area contributed by atoms with Gasteiger partial charge < -0.3 is 91.5 Å². The Morgan fingerprint density at radius 3 is 2.09 bits per heavy atom. The van der Waals surface area contributed by atoms with Crippen molar-refractivity contribution in [2.24, 2.45) is 23.7 Å². The van der Waals surface area contributed by atoms with Gasteiger partial charge in [-0.25, -0.2) is 0 Å². The van der Waals surface area contributed by atoms with Crippen molar-refractivity contribution >= 4 is 11.9 Å². The molecule has 0 radical (unpaired) electrons. The Labute approximate surface area is 466 Å². The number of hydrogen-bond acceptors (Lipinski definition) is 20. The van der Waals surface area contributed by atoms with Crippen LogP contribution in [0.5, 0.6) is 0 Å². The van der Waals surface area contributed by atoms with Crippen LogP contribution in [-0.2, 0) is 80.6 Å². The second-order valence-corrected chi connectivity index (χ2v) is 27.3. The van der Waals surface area contributed by atoms with Gasteiger partial charge in [0.25, 0.3) is 0 Å². The number of carboxylic acids is 1. The average molecular weight is 1130 g/mol. The van der Waals surface area contributed by atoms with Gasteiger partial charge in [-0.15, -0.1) is 0 Å². The molecule has 21 nitrogen and oxygen atoms in total. The first-order valence-electron chi connectivity index (χ1n) is 30.4. The topological polar surface area (TPSA) is 254 Å². The third kappa shape index (κ3) is 8.84. The SMILES string of the molecule is C=C1C[C@@H]2CC[C@]34O[C@H]5[C@H]6O[C@H](CC[C@@H]6OC6[C@H]5OC(O)([C@H]3O)[C@H]6O4)CC(=O)O[C@@H]3[C@@H](C)[C@@H]4O[C@@H]5C[C@]6(C[C@@H]7O[C@]8(C[C@H](C)[C@@H]9O[C@H](CC(=O)O)[C@H](O)C[C@@H]9O8)C[C@H](C)[C@@H]7O6)O[C@@H]5C[C@@H]4O[C@H]3C[C@H]3O[C@@H](CC[C@@H]1O2)C[C@@H](C)C3=C. The van der Waals surface area contributed by atoms with Crippen LogP contribution in [0.2, 0.25) is 0 Å². The third-order valence-electron chi connectivity index (χ3n) is 21.8. The lowest BCUT2D eigenvalue weighted by Gasteiger charge is -2.54. The van der Waals surface area contributed by atoms with Crippen LogP contribution in [0.4, 0.5) is 0 Å². The van der Waals surface area contributed by atoms with E-state index in [1.54, 1.807) is 0 Å². The lowest BCUT2D eigenvalue weighted by Crippen LogP contribution is -2.63. The van der Waals surface area contributed by atoms with Gasteiger partial charge in [-0.3, -0.25) is 9.59 Å². The number of aliphatic carboxylic acids is 1. The molecule has 32 atom stereocenters. The van der Waals surface area contributed by atoms with E-state index in [0.717, 1.165) is 24.0 Å². The highest BCUT2D eigenvalue weighted by molar-refractivity contribution is 5.70. The molecule has 0 saturated carbocycles. The number of rotatable bonds is 2. The molecule has 16 aliphatic heterocycles. The van der Waals surface area contributed by atoms with Crippen LogP contribution in [0.25, 0.3) is 0 Å². The van der Waals surface area contributed by atoms with E-state index in [2.05, 4.69) is 40.9 Å². The smallest absolute Gasteiger partial charge is 0.308 e. The number of aliphatic hydroxyl groups excluding tert-OH is 2. The molecule has 16 aliphatic rings. The molecule has 444 valence electrons. The first-order chi connectivity index (χ1) is 38.2. The number of hydrogen-bond donors (Lipinski definition) is 4. The Kier molecular flexibility index (Phi) is 13.3. The van der Waals surface area contributed by atoms with Crippen LogP contribution in [0, 0.1) is 23.7 Å². The summed E-state index contributed by atoms with van der Waals surface area (Å²) in [5.74, 6) is -7.08. The third-order valence-corrected chi connectivity index (χ3v) is 21.8. The molecule has 80 heavy (non-hydrogen) atoms. The van der Waals surface area contributed by atoms with Gasteiger partial charge in [0.15, 0.2) is 17.7 Å². The van der Waals surface area contributed by atoms with Gasteiger partial charge in [0.1, 0.15) is 36.6 Å². The highest BCUT2D eigenvalue weighted by Gasteiger charge is 2.79. The lowest BCUT2D eigenvalue weighted by atomic mass is 9.78. The molecule has 16 heterocycles. The van der Waals surface area contributed by atoms with Crippen molar-refractivity contribution in [3.05, 3.63) is 24.3 Å². The molecule has 0 amide bonds. The first kappa shape index (κ1) is 54.4. The fourth-order valence-corrected chi connectivity index (χ4v) is 18.0. The Morgan fingerprint density at radius 2 is 1.26 bits per heavy atom. The molecule has 3 spiro atoms. The normalized spacial score (nSPS) is 58.7. The fourth-order valence-electron chi connectivity index (χ4n) is 18.0. The van der Waals surface area contributed by atoms with Gasteiger partial charge in [-0.2, -0.15) is 0 Å². The molecule has 21 heteroatoms. The van der Waals surface area contributed by atoms with E-state index >= 15 is 0 Å². The second-order valence-electron chi connectivity index (χ2n) is 27.3. The van der Waals surface area contributed by atoms with Crippen LogP contribution in [0.3, 0.4) is 0 Å². The largest absolute Gasteiger partial charge is 0.481 e. The summed E-state index contributed by atoms with van der Waals surface area (Å²) in [6.07, 6.45) is -5.45. The number of ether oxygens (including phenoxy) is 15. The van der Waals surface area contributed by atoms with Crippen molar-refractivity contribution in [3.8, 4) is 0 Å². The van der Waals surface area contributed by atoms with Crippen molar-refractivity contribution in [2.75, 3.05) is 0 Å². The van der Waals surface area contributed by atoms with Gasteiger partial charge in [0.2, 0.25) is 11.6 Å². The molecule has 4 N–H and O–H groups in total. The molecule has 0 aromatic carbocycles. The summed E-state index contributed by atoms with van der Waals surface area (Å²) in [6, 6.07) is 0. The minimum atomic E-state index is -2.04. The predicted molar refractivity (Wildman–Crippen MR) is 271 cm³/mol. The van der Waals surface area contributed by atoms with Crippen LogP contribution in [0.15, 0.2) is 24.3 Å². The summed E-state index contributed by atoms with van der Waals surface area (Å²) in [5.41, 5.74) is 1.99. The summed E-state index contributed by atoms with van der Waals surface area (Å²) in [6.45, 7) is 17.5. The van der Waals surface area contributed by atoms with E-state index in [0.29, 0.717) is 70.6 Å². The molecular formula is C59H82O21. The van der Waals surface area contributed by atoms with E-state index in [4.69, 9.17) is 71.1 Å². The highest BCUT2D eigenvalue weighted by Crippen LogP contribution is 2.59. The summed E-state index contributed by atoms with van der Waals surface area (Å²) in [7, 11) is 0. The zero-order chi connectivity index (χ0) is 55.1. The number of carboxylic acid groups (broad SMARTS) is 1. The number of aliphatic hydroxyl groups is 3. The summed E-state index contributed by atoms with van der Waals surface area (Å²) < 4.78 is 102. The zero-order valence-electron chi connectivity index (χ0n) is 46.3. The number of esters is 1. The van der Waals surface area contributed by atoms with Gasteiger partial charge >= 0.3 is 11.9 Å². The van der Waals surface area contributed by atoms with E-state index < -0.39 is 121 Å². The Morgan fingerprint density at radius 1 is 0.562 bits per heavy atom. The van der Waals surface area contributed by atoms with Gasteiger partial charge in [0.05, 0.1) is 117 Å². The second kappa shape index (κ2) is 19.6. The highest BCUT2D eigenvalue weighted by atomic mass is 16.8. The molecule has 12 bridgehead atoms. The fraction of sp³-hybridized carbons (Fsp3) is 0.898. The van der Waals surface area contributed by atoms with E-state index in [9.17, 15) is 30.0 Å². The first-order valence-corrected chi connectivity index (χ1v) is 30.4. The van der Waals surface area contributed by atoms with Crippen molar-refractivity contribution in [1.82, 2.24) is 0 Å². The van der Waals surface area contributed by atoms with Gasteiger partial charge in [-0.05, 0) is 73.8 Å². The molecule has 16 rings (SSSR count). The molecule has 16 saturated heterocycles. The maximum atomic E-state index is 14.6. The van der Waals surface area contributed by atoms with E-state index in [1.807, 2.05) is 0 Å². The van der Waals surface area contributed by atoms with E-state index in [1.165, 1.54) is 0 Å². The van der Waals surface area contributed by atoms with Crippen molar-refractivity contribution in [2.45, 2.75) is 306 Å². The van der Waals surface area contributed by atoms with E-state index in [-0.39, 0.29) is 110 Å². The van der Waals surface area contributed by atoms with Crippen molar-refractivity contribution < 1.29 is 101 Å². The van der Waals surface area contributed by atoms with Crippen LogP contribution in [-0.4, -0.2) is 202 Å². The molecule has 0 aliphatic carbocycles. The van der Waals surface area contributed by atoms with Crippen molar-refractivity contribution in [1.29, 1.82) is 0 Å². The summed E-state index contributed by atoms with van der Waals surface area (Å²) in [4.78, 5) is 26.1. The standard InChI is InChI=1S/C59H82O21/c1-24-13-30-7-9-34-25(2)14-32(66-34)11-12-58-55(64)59(65)54(80-58)53-52(79-59)51(78-58)50-35(70-53)10-8-31(68-50)15-45(63)73-49-29(6)48-40(69-39(49)17-36(67-30)28(24)5)18-38-42(72-48)22-57(74-38)23-43-47(77-57)27(4)21-56(76-43)20-26(3)46-41(75-56)16-33(60)37(71-46)19-44(61)62/h24,26-27,29-43,46-55,60,64-65H,2,5,7-23H2,1,3-4,6H3,(H,61,62)/t24-,26+,27+,29+,30+,31-,32+,33-,34+,35+,36-,37-,38-,39+,40+,41+,42-,43+,46+,47+,48+,49-,50+,51+,52+,53?,54+,55+,56-,57+,58-,59?/m1/s1. The Balaban J connectivity index is 0.666. The Hall–Kier alpha value is -2.26. The predicted octanol–water partition coefficient (Wildman–Crippen LogP) is 3.95. The summed E-state index contributed by atoms with van der Waals surface area (Å²) >= 11 is 0. The molecule has 0 aromatic heterocycles. The molecule has 0 aromatic rings. The van der Waals surface area contributed by atoms with Crippen LogP contribution >= 0.6 is 0 Å². The number of fused-ring (bicyclic) bond motifs is 10.